The molecule has 3 fully saturated rings. The Morgan fingerprint density at radius 1 is 1.00 bits per heavy atom. The van der Waals surface area contributed by atoms with E-state index in [9.17, 15) is 27.1 Å². The highest BCUT2D eigenvalue weighted by Gasteiger charge is 2.47. The molecule has 1 aliphatic carbocycles. The number of rotatable bonds is 7. The summed E-state index contributed by atoms with van der Waals surface area (Å²) in [6.45, 7) is 0.468. The average molecular weight is 691 g/mol. The van der Waals surface area contributed by atoms with E-state index >= 15 is 4.39 Å². The monoisotopic (exact) mass is 690 g/mol. The van der Waals surface area contributed by atoms with Gasteiger partial charge in [-0.15, -0.1) is 0 Å². The van der Waals surface area contributed by atoms with Crippen molar-refractivity contribution in [1.82, 2.24) is 24.8 Å². The van der Waals surface area contributed by atoms with Crippen LogP contribution in [0.2, 0.25) is 0 Å². The van der Waals surface area contributed by atoms with Gasteiger partial charge >= 0.3 is 18.8 Å². The Balaban J connectivity index is 1.37. The van der Waals surface area contributed by atoms with Crippen LogP contribution in [0.15, 0.2) is 30.6 Å². The second-order valence-corrected chi connectivity index (χ2v) is 13.8. The topological polar surface area (TPSA) is 96.7 Å². The van der Waals surface area contributed by atoms with Crippen molar-refractivity contribution < 1.29 is 40.9 Å². The van der Waals surface area contributed by atoms with Gasteiger partial charge in [-0.25, -0.2) is 9.37 Å². The molecule has 4 aromatic rings. The molecule has 0 bridgehead atoms. The van der Waals surface area contributed by atoms with Gasteiger partial charge in [0.15, 0.2) is 5.82 Å². The molecule has 49 heavy (non-hydrogen) atoms. The molecule has 1 N–H and O–H groups in total. The summed E-state index contributed by atoms with van der Waals surface area (Å²) in [4.78, 5) is 21.6. The summed E-state index contributed by atoms with van der Waals surface area (Å²) in [5.74, 6) is -1.28. The average Bonchev–Trinajstić information content (AvgIpc) is 3.49. The van der Waals surface area contributed by atoms with Crippen molar-refractivity contribution in [3.8, 4) is 23.1 Å². The largest absolute Gasteiger partial charge is 0.463 e. The standard InChI is InChI=1S/C34H36F6N6O3/c1-32(47)9-4-13-46(17-32)28-23-16-41-26(22-15-42-29(49-30(36)37)20-8-7-19(14-21(20)22)34(38,39)40)25(35)27(23)43-31(44-28)48-18-33-10-3-6-24(33)45(2)12-5-11-33/h7-8,14-16,24,30,47H,3-6,9-13,17-18H2,1-2H3/t24-,32-,33-/m1/s1. The molecule has 15 heteroatoms. The molecule has 0 radical (unpaired) electrons. The first-order chi connectivity index (χ1) is 23.2. The van der Waals surface area contributed by atoms with E-state index in [1.165, 1.54) is 6.20 Å². The first-order valence-electron chi connectivity index (χ1n) is 16.4. The number of aromatic nitrogens is 4. The first kappa shape index (κ1) is 33.5. The van der Waals surface area contributed by atoms with Crippen LogP contribution in [0, 0.1) is 11.2 Å². The highest BCUT2D eigenvalue weighted by Crippen LogP contribution is 2.48. The lowest BCUT2D eigenvalue weighted by molar-refractivity contribution is -0.137. The number of alkyl halides is 5. The number of hydrogen-bond acceptors (Lipinski definition) is 9. The third-order valence-corrected chi connectivity index (χ3v) is 10.3. The molecule has 9 nitrogen and oxygen atoms in total. The van der Waals surface area contributed by atoms with E-state index in [1.807, 2.05) is 4.90 Å². The van der Waals surface area contributed by atoms with Crippen LogP contribution in [0.1, 0.15) is 57.4 Å². The molecule has 2 aliphatic heterocycles. The lowest BCUT2D eigenvalue weighted by Crippen LogP contribution is -2.50. The number of hydrogen-bond donors (Lipinski definition) is 1. The minimum atomic E-state index is -4.77. The number of benzene rings is 1. The fourth-order valence-corrected chi connectivity index (χ4v) is 8.06. The predicted octanol–water partition coefficient (Wildman–Crippen LogP) is 6.99. The highest BCUT2D eigenvalue weighted by atomic mass is 19.4. The Labute approximate surface area is 278 Å². The lowest BCUT2D eigenvalue weighted by Gasteiger charge is -2.44. The summed E-state index contributed by atoms with van der Waals surface area (Å²) in [7, 11) is 2.11. The van der Waals surface area contributed by atoms with Gasteiger partial charge in [-0.1, -0.05) is 6.42 Å². The second kappa shape index (κ2) is 12.4. The Hall–Kier alpha value is -3.98. The molecule has 7 rings (SSSR count). The molecule has 3 atom stereocenters. The summed E-state index contributed by atoms with van der Waals surface area (Å²) >= 11 is 0. The Kier molecular flexibility index (Phi) is 8.49. The van der Waals surface area contributed by atoms with Crippen LogP contribution in [0.5, 0.6) is 11.9 Å². The van der Waals surface area contributed by atoms with Crippen molar-refractivity contribution in [3.05, 3.63) is 42.0 Å². The van der Waals surface area contributed by atoms with Crippen LogP contribution in [0.3, 0.4) is 0 Å². The summed E-state index contributed by atoms with van der Waals surface area (Å²) in [6, 6.07) is 2.67. The number of nitrogens with zero attached hydrogens (tertiary/aromatic N) is 6. The van der Waals surface area contributed by atoms with Crippen LogP contribution in [-0.2, 0) is 6.18 Å². The molecule has 0 spiro atoms. The minimum absolute atomic E-state index is 0.0694. The maximum absolute atomic E-state index is 16.8. The van der Waals surface area contributed by atoms with E-state index in [0.29, 0.717) is 43.9 Å². The number of aliphatic hydroxyl groups is 1. The molecule has 3 aliphatic rings. The number of ether oxygens (including phenoxy) is 2. The number of fused-ring (bicyclic) bond motifs is 3. The van der Waals surface area contributed by atoms with Gasteiger partial charge in [0.05, 0.1) is 23.2 Å². The lowest BCUT2D eigenvalue weighted by atomic mass is 9.76. The maximum Gasteiger partial charge on any atom is 0.416 e. The smallest absolute Gasteiger partial charge is 0.416 e. The van der Waals surface area contributed by atoms with Gasteiger partial charge in [-0.2, -0.15) is 31.9 Å². The summed E-state index contributed by atoms with van der Waals surface area (Å²) in [5, 5.41) is 10.7. The number of β-amino-alcohol motifs (C(OH)–C–C–N with tert-alkyl or cyclic N) is 1. The summed E-state index contributed by atoms with van der Waals surface area (Å²) in [6.07, 6.45) is 3.80. The van der Waals surface area contributed by atoms with Crippen molar-refractivity contribution >= 4 is 27.5 Å². The molecule has 1 aromatic carbocycles. The van der Waals surface area contributed by atoms with Gasteiger partial charge in [0.25, 0.3) is 0 Å². The molecule has 5 heterocycles. The van der Waals surface area contributed by atoms with Crippen LogP contribution in [0.4, 0.5) is 32.2 Å². The van der Waals surface area contributed by atoms with Crippen LogP contribution >= 0.6 is 0 Å². The van der Waals surface area contributed by atoms with Gasteiger partial charge in [0.1, 0.15) is 17.0 Å². The maximum atomic E-state index is 16.8. The first-order valence-corrected chi connectivity index (χ1v) is 16.4. The molecule has 262 valence electrons. The fraction of sp³-hybridized carbons (Fsp3) is 0.529. The minimum Gasteiger partial charge on any atom is -0.463 e. The fourth-order valence-electron chi connectivity index (χ4n) is 8.06. The third kappa shape index (κ3) is 6.31. The SMILES string of the molecule is CN1CCC[C@@]2(COc3nc(N4CCC[C@@](C)(O)C4)c4cnc(-c5cnc(OC(F)F)c6ccc(C(F)(F)F)cc56)c(F)c4n3)CCC[C@@H]12. The van der Waals surface area contributed by atoms with E-state index in [-0.39, 0.29) is 45.2 Å². The second-order valence-electron chi connectivity index (χ2n) is 13.8. The zero-order valence-electron chi connectivity index (χ0n) is 27.0. The highest BCUT2D eigenvalue weighted by molar-refractivity contribution is 6.00. The molecular formula is C34H36F6N6O3. The van der Waals surface area contributed by atoms with Crippen molar-refractivity contribution in [2.24, 2.45) is 5.41 Å². The van der Waals surface area contributed by atoms with Gasteiger partial charge in [0, 0.05) is 47.9 Å². The summed E-state index contributed by atoms with van der Waals surface area (Å²) in [5.41, 5.74) is -2.98. The van der Waals surface area contributed by atoms with Crippen LogP contribution < -0.4 is 14.4 Å². The number of piperidine rings is 2. The molecule has 0 unspecified atom stereocenters. The number of likely N-dealkylation sites (tertiary alicyclic amines) is 1. The molecule has 2 saturated heterocycles. The predicted molar refractivity (Wildman–Crippen MR) is 169 cm³/mol. The van der Waals surface area contributed by atoms with E-state index in [4.69, 9.17) is 9.72 Å². The van der Waals surface area contributed by atoms with E-state index < -0.39 is 41.3 Å². The van der Waals surface area contributed by atoms with Gasteiger partial charge in [-0.3, -0.25) is 4.98 Å². The number of pyridine rings is 2. The molecule has 0 amide bonds. The number of anilines is 1. The van der Waals surface area contributed by atoms with E-state index in [1.54, 1.807) is 6.92 Å². The quantitative estimate of drug-likeness (QED) is 0.206. The Morgan fingerprint density at radius 2 is 1.78 bits per heavy atom. The molecular weight excluding hydrogens is 654 g/mol. The van der Waals surface area contributed by atoms with Crippen LogP contribution in [0.25, 0.3) is 32.9 Å². The molecule has 3 aromatic heterocycles. The van der Waals surface area contributed by atoms with Crippen LogP contribution in [-0.4, -0.2) is 81.5 Å². The van der Waals surface area contributed by atoms with Crippen molar-refractivity contribution in [2.75, 3.05) is 38.2 Å². The Bertz CT molecular complexity index is 1890. The third-order valence-electron chi connectivity index (χ3n) is 10.3. The Morgan fingerprint density at radius 3 is 2.53 bits per heavy atom. The normalized spacial score (nSPS) is 24.9. The zero-order chi connectivity index (χ0) is 34.7. The zero-order valence-corrected chi connectivity index (χ0v) is 27.0. The van der Waals surface area contributed by atoms with Crippen molar-refractivity contribution in [3.63, 3.8) is 0 Å². The number of halogens is 6. The summed E-state index contributed by atoms with van der Waals surface area (Å²) < 4.78 is 95.2. The van der Waals surface area contributed by atoms with Gasteiger partial charge < -0.3 is 24.4 Å². The van der Waals surface area contributed by atoms with E-state index in [0.717, 1.165) is 57.0 Å². The van der Waals surface area contributed by atoms with Crippen molar-refractivity contribution in [2.45, 2.75) is 76.3 Å². The van der Waals surface area contributed by atoms with Crippen molar-refractivity contribution in [1.29, 1.82) is 0 Å². The van der Waals surface area contributed by atoms with Gasteiger partial charge in [0.2, 0.25) is 5.88 Å². The molecule has 1 saturated carbocycles. The van der Waals surface area contributed by atoms with E-state index in [2.05, 4.69) is 31.6 Å². The van der Waals surface area contributed by atoms with Gasteiger partial charge in [-0.05, 0) is 82.6 Å².